The van der Waals surface area contributed by atoms with E-state index >= 15 is 0 Å². The summed E-state index contributed by atoms with van der Waals surface area (Å²) < 4.78 is 0. The van der Waals surface area contributed by atoms with Crippen LogP contribution < -0.4 is 4.90 Å². The van der Waals surface area contributed by atoms with Gasteiger partial charge in [-0.2, -0.15) is 0 Å². The van der Waals surface area contributed by atoms with Crippen molar-refractivity contribution in [3.05, 3.63) is 65.9 Å². The predicted octanol–water partition coefficient (Wildman–Crippen LogP) is 3.41. The van der Waals surface area contributed by atoms with Gasteiger partial charge in [-0.15, -0.1) is 0 Å². The normalized spacial score (nSPS) is 21.5. The first-order valence-electron chi connectivity index (χ1n) is 8.66. The third-order valence-corrected chi connectivity index (χ3v) is 5.22. The number of aromatic nitrogens is 1. The van der Waals surface area contributed by atoms with Crippen molar-refractivity contribution in [2.45, 2.75) is 18.9 Å². The Morgan fingerprint density at radius 3 is 2.92 bits per heavy atom. The molecular formula is C21H17N3O2. The summed E-state index contributed by atoms with van der Waals surface area (Å²) in [5.74, 6) is 0.160. The fourth-order valence-corrected chi connectivity index (χ4v) is 3.83. The molecule has 1 N–H and O–H groups in total. The number of amidine groups is 1. The maximum absolute atomic E-state index is 13.0. The molecule has 0 aliphatic carbocycles. The average Bonchev–Trinajstić information content (AvgIpc) is 3.00. The first-order valence-corrected chi connectivity index (χ1v) is 8.66. The van der Waals surface area contributed by atoms with E-state index in [1.54, 1.807) is 12.3 Å². The Bertz CT molecular complexity index is 1110. The van der Waals surface area contributed by atoms with Gasteiger partial charge in [0.15, 0.2) is 5.60 Å². The minimum atomic E-state index is -1.55. The van der Waals surface area contributed by atoms with Gasteiger partial charge in [0.25, 0.3) is 0 Å². The Morgan fingerprint density at radius 2 is 2.04 bits per heavy atom. The highest BCUT2D eigenvalue weighted by molar-refractivity contribution is 6.28. The third kappa shape index (κ3) is 2.04. The third-order valence-electron chi connectivity index (χ3n) is 5.22. The minimum absolute atomic E-state index is 0.258. The lowest BCUT2D eigenvalue weighted by atomic mass is 9.87. The van der Waals surface area contributed by atoms with Crippen LogP contribution in [-0.2, 0) is 0 Å². The standard InChI is InChI=1S/C21H17N3O2/c1-13-4-6-18-16(11-13)19(25)21(26)8-10-24(20(21)23-18)15-5-7-17-14(12-15)3-2-9-22-17/h2-7,9,11-12,26H,8,10H2,1H3. The zero-order chi connectivity index (χ0) is 17.9. The molecule has 0 amide bonds. The zero-order valence-corrected chi connectivity index (χ0v) is 14.3. The van der Waals surface area contributed by atoms with Gasteiger partial charge in [0.2, 0.25) is 5.78 Å². The van der Waals surface area contributed by atoms with E-state index in [0.29, 0.717) is 30.1 Å². The molecule has 2 aliphatic rings. The lowest BCUT2D eigenvalue weighted by Crippen LogP contribution is -2.48. The fourth-order valence-electron chi connectivity index (χ4n) is 3.83. The zero-order valence-electron chi connectivity index (χ0n) is 14.3. The molecule has 0 saturated carbocycles. The summed E-state index contributed by atoms with van der Waals surface area (Å²) in [5.41, 5.74) is 2.37. The van der Waals surface area contributed by atoms with Crippen molar-refractivity contribution in [1.82, 2.24) is 4.98 Å². The molecule has 5 rings (SSSR count). The molecule has 3 aromatic rings. The summed E-state index contributed by atoms with van der Waals surface area (Å²) in [6.45, 7) is 2.47. The second-order valence-electron chi connectivity index (χ2n) is 6.93. The van der Waals surface area contributed by atoms with Crippen LogP contribution in [0.4, 0.5) is 11.4 Å². The lowest BCUT2D eigenvalue weighted by Gasteiger charge is -2.30. The Morgan fingerprint density at radius 1 is 1.15 bits per heavy atom. The van der Waals surface area contributed by atoms with Crippen molar-refractivity contribution in [2.75, 3.05) is 11.4 Å². The summed E-state index contributed by atoms with van der Waals surface area (Å²) in [6, 6.07) is 15.4. The molecule has 1 atom stereocenters. The maximum Gasteiger partial charge on any atom is 0.204 e. The van der Waals surface area contributed by atoms with Gasteiger partial charge < -0.3 is 10.0 Å². The summed E-state index contributed by atoms with van der Waals surface area (Å²) >= 11 is 0. The van der Waals surface area contributed by atoms with Gasteiger partial charge in [0.1, 0.15) is 5.84 Å². The van der Waals surface area contributed by atoms with Crippen molar-refractivity contribution >= 4 is 33.9 Å². The predicted molar refractivity (Wildman–Crippen MR) is 101 cm³/mol. The number of hydrogen-bond acceptors (Lipinski definition) is 5. The van der Waals surface area contributed by atoms with Gasteiger partial charge in [-0.25, -0.2) is 4.99 Å². The Balaban J connectivity index is 1.66. The molecule has 1 unspecified atom stereocenters. The van der Waals surface area contributed by atoms with E-state index in [-0.39, 0.29) is 5.78 Å². The van der Waals surface area contributed by atoms with Gasteiger partial charge in [0, 0.05) is 35.8 Å². The van der Waals surface area contributed by atoms with E-state index in [9.17, 15) is 9.90 Å². The van der Waals surface area contributed by atoms with Gasteiger partial charge in [-0.1, -0.05) is 17.7 Å². The Hall–Kier alpha value is -3.05. The van der Waals surface area contributed by atoms with E-state index in [1.807, 2.05) is 54.3 Å². The van der Waals surface area contributed by atoms with Crippen LogP contribution >= 0.6 is 0 Å². The molecular weight excluding hydrogens is 326 g/mol. The molecule has 0 radical (unpaired) electrons. The van der Waals surface area contributed by atoms with E-state index in [4.69, 9.17) is 0 Å². The number of nitrogens with zero attached hydrogens (tertiary/aromatic N) is 3. The highest BCUT2D eigenvalue weighted by atomic mass is 16.3. The number of rotatable bonds is 1. The van der Waals surface area contributed by atoms with E-state index in [0.717, 1.165) is 22.2 Å². The van der Waals surface area contributed by atoms with Crippen LogP contribution in [0.25, 0.3) is 10.9 Å². The number of hydrogen-bond donors (Lipinski definition) is 1. The van der Waals surface area contributed by atoms with Crippen molar-refractivity contribution in [3.8, 4) is 0 Å². The van der Waals surface area contributed by atoms with Gasteiger partial charge in [-0.05, 0) is 43.3 Å². The molecule has 2 aromatic carbocycles. The highest BCUT2D eigenvalue weighted by Gasteiger charge is 2.52. The Labute approximate surface area is 150 Å². The van der Waals surface area contributed by atoms with Crippen LogP contribution in [0.15, 0.2) is 59.7 Å². The fraction of sp³-hybridized carbons (Fsp3) is 0.190. The lowest BCUT2D eigenvalue weighted by molar-refractivity contribution is 0.0602. The average molecular weight is 343 g/mol. The first kappa shape index (κ1) is 15.2. The van der Waals surface area contributed by atoms with Crippen molar-refractivity contribution in [2.24, 2.45) is 4.99 Å². The number of aliphatic imine (C=N–C) groups is 1. The van der Waals surface area contributed by atoms with Crippen LogP contribution in [0.1, 0.15) is 22.3 Å². The number of fused-ring (bicyclic) bond motifs is 3. The largest absolute Gasteiger partial charge is 0.374 e. The van der Waals surface area contributed by atoms with Crippen molar-refractivity contribution < 1.29 is 9.90 Å². The minimum Gasteiger partial charge on any atom is -0.374 e. The van der Waals surface area contributed by atoms with E-state index in [2.05, 4.69) is 9.98 Å². The first-order chi connectivity index (χ1) is 12.6. The molecule has 5 heteroatoms. The van der Waals surface area contributed by atoms with Gasteiger partial charge >= 0.3 is 0 Å². The second kappa shape index (κ2) is 5.22. The van der Waals surface area contributed by atoms with Crippen LogP contribution in [-0.4, -0.2) is 33.9 Å². The summed E-state index contributed by atoms with van der Waals surface area (Å²) in [4.78, 5) is 23.9. The van der Waals surface area contributed by atoms with Crippen LogP contribution in [0.2, 0.25) is 0 Å². The number of aryl methyl sites for hydroxylation is 1. The second-order valence-corrected chi connectivity index (χ2v) is 6.93. The molecule has 128 valence electrons. The van der Waals surface area contributed by atoms with Crippen LogP contribution in [0, 0.1) is 6.92 Å². The van der Waals surface area contributed by atoms with Crippen LogP contribution in [0.5, 0.6) is 0 Å². The molecule has 0 spiro atoms. The molecule has 1 saturated heterocycles. The number of ketones is 1. The summed E-state index contributed by atoms with van der Waals surface area (Å²) in [5, 5.41) is 12.1. The van der Waals surface area contributed by atoms with Crippen molar-refractivity contribution in [3.63, 3.8) is 0 Å². The number of Topliss-reactive ketones (excluding diaryl/α,β-unsaturated/α-hetero) is 1. The van der Waals surface area contributed by atoms with Gasteiger partial charge in [0.05, 0.1) is 11.2 Å². The molecule has 3 heterocycles. The SMILES string of the molecule is Cc1ccc2c(c1)C(=O)C1(O)CCN(c3ccc4ncccc4c3)C1=N2. The van der Waals surface area contributed by atoms with Crippen molar-refractivity contribution in [1.29, 1.82) is 0 Å². The number of aliphatic hydroxyl groups is 1. The number of anilines is 1. The number of benzene rings is 2. The molecule has 26 heavy (non-hydrogen) atoms. The molecule has 0 bridgehead atoms. The molecule has 1 fully saturated rings. The molecule has 5 nitrogen and oxygen atoms in total. The number of carbonyl (C=O) groups is 1. The molecule has 1 aromatic heterocycles. The number of pyridine rings is 1. The topological polar surface area (TPSA) is 65.8 Å². The monoisotopic (exact) mass is 343 g/mol. The van der Waals surface area contributed by atoms with E-state index in [1.165, 1.54) is 0 Å². The summed E-state index contributed by atoms with van der Waals surface area (Å²) in [6.07, 6.45) is 2.10. The Kier molecular flexibility index (Phi) is 3.06. The van der Waals surface area contributed by atoms with Gasteiger partial charge in [-0.3, -0.25) is 9.78 Å². The highest BCUT2D eigenvalue weighted by Crippen LogP contribution is 2.40. The van der Waals surface area contributed by atoms with Crippen LogP contribution in [0.3, 0.4) is 0 Å². The van der Waals surface area contributed by atoms with E-state index < -0.39 is 5.60 Å². The number of carbonyl (C=O) groups excluding carboxylic acids is 1. The summed E-state index contributed by atoms with van der Waals surface area (Å²) in [7, 11) is 0. The maximum atomic E-state index is 13.0. The smallest absolute Gasteiger partial charge is 0.204 e. The molecule has 2 aliphatic heterocycles. The quantitative estimate of drug-likeness (QED) is 0.735.